The molecule has 22 heavy (non-hydrogen) atoms. The van der Waals surface area contributed by atoms with Crippen LogP contribution in [-0.4, -0.2) is 168 Å². The predicted molar refractivity (Wildman–Crippen MR) is 73.8 cm³/mol. The molecule has 136 valence electrons. The van der Waals surface area contributed by atoms with E-state index in [-0.39, 0.29) is 97.8 Å². The van der Waals surface area contributed by atoms with Gasteiger partial charge in [-0.2, -0.15) is 33.7 Å². The summed E-state index contributed by atoms with van der Waals surface area (Å²) in [5.74, 6) is 0. The van der Waals surface area contributed by atoms with Crippen LogP contribution in [-0.2, 0) is 41.6 Å². The maximum atomic E-state index is 8.74. The molecule has 0 saturated heterocycles. The molecule has 0 amide bonds. The van der Waals surface area contributed by atoms with Gasteiger partial charge in [-0.05, 0) is 0 Å². The fourth-order valence-corrected chi connectivity index (χ4v) is 0. The Hall–Kier alpha value is 2.62. The molecule has 0 bridgehead atoms. The van der Waals surface area contributed by atoms with Crippen LogP contribution in [0.1, 0.15) is 0 Å². The van der Waals surface area contributed by atoms with Crippen LogP contribution in [0, 0.1) is 0 Å². The quantitative estimate of drug-likeness (QED) is 0.0890. The van der Waals surface area contributed by atoms with Crippen molar-refractivity contribution in [3.8, 4) is 0 Å². The van der Waals surface area contributed by atoms with Crippen LogP contribution in [0.5, 0.6) is 0 Å². The molecule has 0 heterocycles. The van der Waals surface area contributed by atoms with Crippen molar-refractivity contribution in [2.24, 2.45) is 0 Å². The third-order valence-electron chi connectivity index (χ3n) is 0. The third-order valence-corrected chi connectivity index (χ3v) is 0. The van der Waals surface area contributed by atoms with Gasteiger partial charge in [-0.15, -0.1) is 0 Å². The number of rotatable bonds is 0. The molecule has 0 spiro atoms. The Morgan fingerprint density at radius 3 is 0.318 bits per heavy atom. The fraction of sp³-hybridized carbons (Fsp3) is 0. The number of hydrogen-bond donors (Lipinski definition) is 8. The fourth-order valence-electron chi connectivity index (χ4n) is 0. The van der Waals surface area contributed by atoms with Crippen LogP contribution >= 0.6 is 0 Å². The van der Waals surface area contributed by atoms with E-state index in [1.165, 1.54) is 0 Å². The van der Waals surface area contributed by atoms with Gasteiger partial charge in [0.2, 0.25) is 0 Å². The van der Waals surface area contributed by atoms with E-state index in [1.807, 2.05) is 0 Å². The third kappa shape index (κ3) is 1540. The molecule has 0 aliphatic carbocycles. The Bertz CT molecular complexity index is 477. The summed E-state index contributed by atoms with van der Waals surface area (Å²) in [6, 6.07) is 0. The van der Waals surface area contributed by atoms with Gasteiger partial charge < -0.3 is 0 Å². The summed E-state index contributed by atoms with van der Waals surface area (Å²) in [5, 5.41) is 0. The van der Waals surface area contributed by atoms with Crippen LogP contribution < -0.4 is 0 Å². The summed E-state index contributed by atoms with van der Waals surface area (Å²) in [6.45, 7) is 0. The second-order valence-corrected chi connectivity index (χ2v) is 5.37. The van der Waals surface area contributed by atoms with Crippen LogP contribution in [0.2, 0.25) is 0 Å². The van der Waals surface area contributed by atoms with Crippen molar-refractivity contribution in [1.29, 1.82) is 0 Å². The van der Waals surface area contributed by atoms with Gasteiger partial charge in [0.1, 0.15) is 0 Å². The van der Waals surface area contributed by atoms with Gasteiger partial charge in [0.25, 0.3) is 0 Å². The molecule has 0 rings (SSSR count). The van der Waals surface area contributed by atoms with E-state index in [2.05, 4.69) is 0 Å². The van der Waals surface area contributed by atoms with Crippen LogP contribution in [0.4, 0.5) is 0 Å². The summed E-state index contributed by atoms with van der Waals surface area (Å²) < 4.78 is 126. The monoisotopic (exact) mass is 672 g/mol. The Balaban J connectivity index is -0.0000000376. The minimum absolute atomic E-state index is 0. The molecule has 0 aromatic heterocycles. The second-order valence-electron chi connectivity index (χ2n) is 1.79. The molecule has 0 aliphatic rings. The van der Waals surface area contributed by atoms with Crippen molar-refractivity contribution in [3.63, 3.8) is 0 Å². The average Bonchev–Trinajstić information content (AvgIpc) is 1.62. The molecule has 0 aliphatic heterocycles. The Morgan fingerprint density at radius 1 is 0.318 bits per heavy atom. The van der Waals surface area contributed by atoms with Crippen molar-refractivity contribution in [1.82, 2.24) is 0 Å². The molecule has 8 N–H and O–H groups in total. The van der Waals surface area contributed by atoms with Gasteiger partial charge in [-0.3, -0.25) is 36.4 Å². The summed E-state index contributed by atoms with van der Waals surface area (Å²) in [7, 11) is -18.7. The summed E-state index contributed by atoms with van der Waals surface area (Å²) in [4.78, 5) is 0. The van der Waals surface area contributed by atoms with Crippen molar-refractivity contribution in [2.75, 3.05) is 0 Å². The van der Waals surface area contributed by atoms with Crippen LogP contribution in [0.3, 0.4) is 0 Å². The first-order valence-electron chi connectivity index (χ1n) is 2.79. The van der Waals surface area contributed by atoms with E-state index < -0.39 is 41.6 Å². The zero-order valence-corrected chi connectivity index (χ0v) is 11.7. The van der Waals surface area contributed by atoms with Crippen molar-refractivity contribution >= 4 is 139 Å². The molecule has 0 unspecified atom stereocenters. The van der Waals surface area contributed by atoms with E-state index in [9.17, 15) is 0 Å². The first-order chi connectivity index (χ1) is 8.00. The Labute approximate surface area is 205 Å². The Kier molecular flexibility index (Phi) is 30.7. The average molecular weight is 671 g/mol. The molecule has 0 radical (unpaired) electrons. The van der Waals surface area contributed by atoms with Gasteiger partial charge >= 0.3 is 139 Å². The van der Waals surface area contributed by atoms with Crippen molar-refractivity contribution in [3.05, 3.63) is 0 Å². The molecule has 22 heteroatoms. The van der Waals surface area contributed by atoms with Crippen molar-refractivity contribution < 1.29 is 70.1 Å². The zero-order valence-electron chi connectivity index (χ0n) is 8.48. The molecule has 0 fully saturated rings. The van der Waals surface area contributed by atoms with E-state index in [4.69, 9.17) is 70.1 Å². The molecular weight excluding hydrogens is 659 g/mol. The van der Waals surface area contributed by atoms with Gasteiger partial charge in [0.15, 0.2) is 0 Å². The number of hydrogen-bond acceptors (Lipinski definition) is 8. The Morgan fingerprint density at radius 2 is 0.318 bits per heavy atom. The first kappa shape index (κ1) is 39.6. The molecule has 0 atom stereocenters. The predicted octanol–water partition coefficient (Wildman–Crippen LogP) is -4.44. The summed E-state index contributed by atoms with van der Waals surface area (Å²) >= 11 is 0. The van der Waals surface area contributed by atoms with E-state index in [0.717, 1.165) is 0 Å². The SMILES string of the molecule is O=S(=O)(O)O.O=S(=O)(O)O.O=S(=O)(O)O.O=S(=O)(O)O.[BaH2].[BaH2]. The molecule has 16 nitrogen and oxygen atoms in total. The van der Waals surface area contributed by atoms with Gasteiger partial charge in [0, 0.05) is 0 Å². The summed E-state index contributed by atoms with van der Waals surface area (Å²) in [5.41, 5.74) is 0. The molecular formula is H12Ba2O16S4. The van der Waals surface area contributed by atoms with Crippen molar-refractivity contribution in [2.45, 2.75) is 0 Å². The summed E-state index contributed by atoms with van der Waals surface area (Å²) in [6.07, 6.45) is 0. The molecule has 0 saturated carbocycles. The van der Waals surface area contributed by atoms with E-state index in [1.54, 1.807) is 0 Å². The molecule has 0 aromatic rings. The van der Waals surface area contributed by atoms with E-state index in [0.29, 0.717) is 0 Å². The standard InChI is InChI=1S/2Ba.4H2O4S.4H/c;;4*1-5(2,3)4;;;;/h;;4*(H2,1,2,3,4);;;;. The van der Waals surface area contributed by atoms with Crippen LogP contribution in [0.25, 0.3) is 0 Å². The topological polar surface area (TPSA) is 298 Å². The first-order valence-corrected chi connectivity index (χ1v) is 8.38. The maximum absolute atomic E-state index is 8.74. The minimum atomic E-state index is -4.67. The normalized spacial score (nSPS) is 10.5. The van der Waals surface area contributed by atoms with Gasteiger partial charge in [-0.25, -0.2) is 0 Å². The van der Waals surface area contributed by atoms with E-state index >= 15 is 0 Å². The van der Waals surface area contributed by atoms with Crippen LogP contribution in [0.15, 0.2) is 0 Å². The van der Waals surface area contributed by atoms with Gasteiger partial charge in [-0.1, -0.05) is 0 Å². The second kappa shape index (κ2) is 17.1. The van der Waals surface area contributed by atoms with Gasteiger partial charge in [0.05, 0.1) is 0 Å². The molecule has 0 aromatic carbocycles. The zero-order chi connectivity index (χ0) is 18.0.